The molecule has 0 aromatic carbocycles. The SMILES string of the molecule is Cc1cc(NC(=O)C2(C(C)C)CCNC2)ncc1Br. The number of rotatable bonds is 3. The Morgan fingerprint density at radius 1 is 1.58 bits per heavy atom. The maximum Gasteiger partial charge on any atom is 0.233 e. The van der Waals surface area contributed by atoms with E-state index in [0.29, 0.717) is 11.7 Å². The largest absolute Gasteiger partial charge is 0.316 e. The van der Waals surface area contributed by atoms with Gasteiger partial charge in [-0.1, -0.05) is 13.8 Å². The molecule has 1 amide bonds. The van der Waals surface area contributed by atoms with Gasteiger partial charge >= 0.3 is 0 Å². The summed E-state index contributed by atoms with van der Waals surface area (Å²) in [6, 6.07) is 1.89. The molecule has 1 atom stereocenters. The lowest BCUT2D eigenvalue weighted by Crippen LogP contribution is -2.42. The minimum absolute atomic E-state index is 0.0710. The van der Waals surface area contributed by atoms with Gasteiger partial charge in [0.15, 0.2) is 0 Å². The number of aryl methyl sites for hydroxylation is 1. The molecule has 1 saturated heterocycles. The number of halogens is 1. The van der Waals surface area contributed by atoms with Gasteiger partial charge in [0.1, 0.15) is 5.82 Å². The van der Waals surface area contributed by atoms with Crippen molar-refractivity contribution in [1.29, 1.82) is 0 Å². The maximum atomic E-state index is 12.6. The van der Waals surface area contributed by atoms with E-state index in [4.69, 9.17) is 0 Å². The van der Waals surface area contributed by atoms with Crippen molar-refractivity contribution in [2.45, 2.75) is 27.2 Å². The van der Waals surface area contributed by atoms with Crippen LogP contribution < -0.4 is 10.6 Å². The van der Waals surface area contributed by atoms with Crippen molar-refractivity contribution < 1.29 is 4.79 Å². The van der Waals surface area contributed by atoms with Crippen LogP contribution in [0.2, 0.25) is 0 Å². The Kier molecular flexibility index (Phi) is 4.26. The number of aromatic nitrogens is 1. The first-order valence-electron chi connectivity index (χ1n) is 6.60. The van der Waals surface area contributed by atoms with Crippen molar-refractivity contribution in [2.75, 3.05) is 18.4 Å². The fourth-order valence-corrected chi connectivity index (χ4v) is 2.73. The van der Waals surface area contributed by atoms with E-state index >= 15 is 0 Å². The monoisotopic (exact) mass is 325 g/mol. The van der Waals surface area contributed by atoms with Crippen molar-refractivity contribution in [3.63, 3.8) is 0 Å². The van der Waals surface area contributed by atoms with Crippen molar-refractivity contribution >= 4 is 27.7 Å². The van der Waals surface area contributed by atoms with Gasteiger partial charge in [-0.2, -0.15) is 0 Å². The lowest BCUT2D eigenvalue weighted by Gasteiger charge is -2.30. The van der Waals surface area contributed by atoms with Crippen molar-refractivity contribution in [3.05, 3.63) is 22.3 Å². The van der Waals surface area contributed by atoms with Crippen LogP contribution in [-0.2, 0) is 4.79 Å². The minimum atomic E-state index is -0.317. The highest BCUT2D eigenvalue weighted by molar-refractivity contribution is 9.10. The summed E-state index contributed by atoms with van der Waals surface area (Å²) < 4.78 is 0.951. The number of nitrogens with one attached hydrogen (secondary N) is 2. The number of amides is 1. The number of pyridine rings is 1. The van der Waals surface area contributed by atoms with E-state index in [9.17, 15) is 4.79 Å². The normalized spacial score (nSPS) is 22.8. The summed E-state index contributed by atoms with van der Waals surface area (Å²) in [6.07, 6.45) is 2.60. The zero-order valence-electron chi connectivity index (χ0n) is 11.6. The Labute approximate surface area is 122 Å². The molecule has 0 spiro atoms. The summed E-state index contributed by atoms with van der Waals surface area (Å²) in [5.74, 6) is 0.999. The smallest absolute Gasteiger partial charge is 0.233 e. The zero-order chi connectivity index (χ0) is 14.0. The molecule has 1 unspecified atom stereocenters. The molecule has 1 aromatic rings. The van der Waals surface area contributed by atoms with Gasteiger partial charge in [0.05, 0.1) is 5.41 Å². The molecule has 2 rings (SSSR count). The minimum Gasteiger partial charge on any atom is -0.316 e. The van der Waals surface area contributed by atoms with E-state index in [1.54, 1.807) is 6.20 Å². The highest BCUT2D eigenvalue weighted by atomic mass is 79.9. The second kappa shape index (κ2) is 5.59. The lowest BCUT2D eigenvalue weighted by molar-refractivity contribution is -0.126. The number of nitrogens with zero attached hydrogens (tertiary/aromatic N) is 1. The van der Waals surface area contributed by atoms with Crippen LogP contribution in [0, 0.1) is 18.3 Å². The molecule has 1 aromatic heterocycles. The third kappa shape index (κ3) is 2.82. The van der Waals surface area contributed by atoms with Crippen LogP contribution in [0.15, 0.2) is 16.7 Å². The van der Waals surface area contributed by atoms with Crippen LogP contribution in [0.4, 0.5) is 5.82 Å². The quantitative estimate of drug-likeness (QED) is 0.898. The molecule has 5 heteroatoms. The van der Waals surface area contributed by atoms with E-state index in [2.05, 4.69) is 45.4 Å². The average Bonchev–Trinajstić information content (AvgIpc) is 2.84. The summed E-state index contributed by atoms with van der Waals surface area (Å²) in [7, 11) is 0. The number of hydrogen-bond donors (Lipinski definition) is 2. The Bertz CT molecular complexity index is 482. The molecule has 104 valence electrons. The summed E-state index contributed by atoms with van der Waals surface area (Å²) in [5.41, 5.74) is 0.747. The number of anilines is 1. The van der Waals surface area contributed by atoms with Gasteiger partial charge in [0.2, 0.25) is 5.91 Å². The molecule has 1 fully saturated rings. The molecule has 2 N–H and O–H groups in total. The Morgan fingerprint density at radius 2 is 2.32 bits per heavy atom. The lowest BCUT2D eigenvalue weighted by atomic mass is 9.75. The van der Waals surface area contributed by atoms with Crippen LogP contribution >= 0.6 is 15.9 Å². The molecule has 4 nitrogen and oxygen atoms in total. The van der Waals surface area contributed by atoms with Crippen molar-refractivity contribution in [3.8, 4) is 0 Å². The van der Waals surface area contributed by atoms with Crippen LogP contribution in [0.1, 0.15) is 25.8 Å². The predicted octanol–water partition coefficient (Wildman–Crippen LogP) is 2.73. The third-order valence-corrected chi connectivity index (χ3v) is 4.86. The molecule has 1 aliphatic rings. The third-order valence-electron chi connectivity index (χ3n) is 4.03. The maximum absolute atomic E-state index is 12.6. The summed E-state index contributed by atoms with van der Waals surface area (Å²) in [6.45, 7) is 7.83. The summed E-state index contributed by atoms with van der Waals surface area (Å²) >= 11 is 3.41. The summed E-state index contributed by atoms with van der Waals surface area (Å²) in [4.78, 5) is 16.8. The zero-order valence-corrected chi connectivity index (χ0v) is 13.2. The second-order valence-electron chi connectivity index (χ2n) is 5.51. The van der Waals surface area contributed by atoms with Crippen molar-refractivity contribution in [2.24, 2.45) is 11.3 Å². The highest BCUT2D eigenvalue weighted by Crippen LogP contribution is 2.35. The fourth-order valence-electron chi connectivity index (χ4n) is 2.51. The van der Waals surface area contributed by atoms with E-state index in [1.807, 2.05) is 13.0 Å². The molecule has 0 aliphatic carbocycles. The number of hydrogen-bond acceptors (Lipinski definition) is 3. The van der Waals surface area contributed by atoms with E-state index in [0.717, 1.165) is 29.5 Å². The molecule has 19 heavy (non-hydrogen) atoms. The van der Waals surface area contributed by atoms with Crippen LogP contribution in [-0.4, -0.2) is 24.0 Å². The predicted molar refractivity (Wildman–Crippen MR) is 80.1 cm³/mol. The molecule has 0 radical (unpaired) electrons. The topological polar surface area (TPSA) is 54.0 Å². The van der Waals surface area contributed by atoms with Gasteiger partial charge in [-0.25, -0.2) is 4.98 Å². The first-order chi connectivity index (χ1) is 8.95. The molecular formula is C14H20BrN3O. The average molecular weight is 326 g/mol. The molecule has 0 bridgehead atoms. The van der Waals surface area contributed by atoms with Gasteiger partial charge in [0.25, 0.3) is 0 Å². The van der Waals surface area contributed by atoms with Crippen LogP contribution in [0.3, 0.4) is 0 Å². The van der Waals surface area contributed by atoms with E-state index < -0.39 is 0 Å². The number of carbonyl (C=O) groups is 1. The van der Waals surface area contributed by atoms with Gasteiger partial charge in [0, 0.05) is 17.2 Å². The molecular weight excluding hydrogens is 306 g/mol. The summed E-state index contributed by atoms with van der Waals surface area (Å²) in [5, 5.41) is 6.26. The van der Waals surface area contributed by atoms with Crippen molar-refractivity contribution in [1.82, 2.24) is 10.3 Å². The van der Waals surface area contributed by atoms with Crippen LogP contribution in [0.25, 0.3) is 0 Å². The standard InChI is InChI=1S/C14H20BrN3O/c1-9(2)14(4-5-16-8-14)13(19)18-12-6-10(3)11(15)7-17-12/h6-7,9,16H,4-5,8H2,1-3H3,(H,17,18,19). The first-order valence-corrected chi connectivity index (χ1v) is 7.39. The molecule has 1 aliphatic heterocycles. The Balaban J connectivity index is 2.17. The van der Waals surface area contributed by atoms with Gasteiger partial charge < -0.3 is 10.6 Å². The van der Waals surface area contributed by atoms with Gasteiger partial charge in [-0.3, -0.25) is 4.79 Å². The highest BCUT2D eigenvalue weighted by Gasteiger charge is 2.43. The second-order valence-corrected chi connectivity index (χ2v) is 6.36. The first kappa shape index (κ1) is 14.5. The van der Waals surface area contributed by atoms with E-state index in [-0.39, 0.29) is 11.3 Å². The molecule has 0 saturated carbocycles. The van der Waals surface area contributed by atoms with Crippen LogP contribution in [0.5, 0.6) is 0 Å². The Morgan fingerprint density at radius 3 is 2.84 bits per heavy atom. The Hall–Kier alpha value is -0.940. The van der Waals surface area contributed by atoms with E-state index in [1.165, 1.54) is 0 Å². The van der Waals surface area contributed by atoms with Gasteiger partial charge in [-0.15, -0.1) is 0 Å². The fraction of sp³-hybridized carbons (Fsp3) is 0.571. The number of carbonyl (C=O) groups excluding carboxylic acids is 1. The van der Waals surface area contributed by atoms with Gasteiger partial charge in [-0.05, 0) is 53.4 Å². The molecule has 2 heterocycles.